The average Bonchev–Trinajstić information content (AvgIpc) is 2.41. The lowest BCUT2D eigenvalue weighted by Crippen LogP contribution is -2.62. The highest BCUT2D eigenvalue weighted by atomic mass is 19.4. The van der Waals surface area contributed by atoms with Crippen LogP contribution in [0.1, 0.15) is 32.8 Å². The van der Waals surface area contributed by atoms with E-state index >= 15 is 0 Å². The van der Waals surface area contributed by atoms with Crippen LogP contribution in [0.3, 0.4) is 0 Å². The van der Waals surface area contributed by atoms with Crippen molar-refractivity contribution in [1.82, 2.24) is 5.32 Å². The molecule has 1 aromatic carbocycles. The van der Waals surface area contributed by atoms with Crippen molar-refractivity contribution < 1.29 is 17.6 Å². The van der Waals surface area contributed by atoms with Gasteiger partial charge in [-0.3, -0.25) is 0 Å². The van der Waals surface area contributed by atoms with Crippen LogP contribution in [-0.2, 0) is 6.18 Å². The molecule has 0 radical (unpaired) electrons. The van der Waals surface area contributed by atoms with Gasteiger partial charge < -0.3 is 10.2 Å². The Kier molecular flexibility index (Phi) is 4.19. The summed E-state index contributed by atoms with van der Waals surface area (Å²) in [6, 6.07) is 3.28. The molecule has 0 saturated carbocycles. The second kappa shape index (κ2) is 5.48. The van der Waals surface area contributed by atoms with E-state index in [2.05, 4.69) is 5.32 Å². The molecule has 1 aliphatic heterocycles. The molecule has 1 N–H and O–H groups in total. The van der Waals surface area contributed by atoms with Crippen molar-refractivity contribution in [1.29, 1.82) is 0 Å². The normalized spacial score (nSPS) is 27.0. The molecule has 6 heteroatoms. The minimum atomic E-state index is -4.68. The predicted octanol–water partition coefficient (Wildman–Crippen LogP) is 3.81. The zero-order chi connectivity index (χ0) is 15.8. The van der Waals surface area contributed by atoms with Crippen molar-refractivity contribution >= 4 is 5.69 Å². The monoisotopic (exact) mass is 304 g/mol. The summed E-state index contributed by atoms with van der Waals surface area (Å²) in [6.45, 7) is 7.29. The first-order valence-electron chi connectivity index (χ1n) is 7.05. The lowest BCUT2D eigenvalue weighted by molar-refractivity contribution is -0.139. The highest BCUT2D eigenvalue weighted by molar-refractivity contribution is 5.51. The van der Waals surface area contributed by atoms with Crippen molar-refractivity contribution in [2.24, 2.45) is 0 Å². The van der Waals surface area contributed by atoms with E-state index in [9.17, 15) is 17.6 Å². The molecule has 2 rings (SSSR count). The summed E-state index contributed by atoms with van der Waals surface area (Å²) in [5, 5.41) is 3.41. The Hall–Kier alpha value is -1.30. The van der Waals surface area contributed by atoms with Gasteiger partial charge in [0.2, 0.25) is 0 Å². The Balaban J connectivity index is 2.36. The van der Waals surface area contributed by atoms with Crippen LogP contribution < -0.4 is 10.2 Å². The van der Waals surface area contributed by atoms with E-state index in [4.69, 9.17) is 0 Å². The smallest absolute Gasteiger partial charge is 0.366 e. The molecule has 1 aliphatic rings. The summed E-state index contributed by atoms with van der Waals surface area (Å²) < 4.78 is 51.9. The molecule has 0 aromatic heterocycles. The van der Waals surface area contributed by atoms with Crippen molar-refractivity contribution in [2.45, 2.75) is 44.9 Å². The maximum atomic E-state index is 13.4. The number of halogens is 4. The number of piperazine rings is 1. The molecule has 2 unspecified atom stereocenters. The van der Waals surface area contributed by atoms with E-state index in [1.165, 1.54) is 6.07 Å². The Morgan fingerprint density at radius 3 is 2.62 bits per heavy atom. The third kappa shape index (κ3) is 3.31. The topological polar surface area (TPSA) is 15.3 Å². The van der Waals surface area contributed by atoms with Crippen LogP contribution >= 0.6 is 0 Å². The minimum absolute atomic E-state index is 0.0520. The SMILES string of the molecule is CCC1(C)CN(c2ccc(F)c(C(F)(F)F)c2)C(C)CN1. The van der Waals surface area contributed by atoms with Crippen LogP contribution in [0.5, 0.6) is 0 Å². The second-order valence-corrected chi connectivity index (χ2v) is 5.93. The van der Waals surface area contributed by atoms with Gasteiger partial charge in [-0.25, -0.2) is 4.39 Å². The zero-order valence-corrected chi connectivity index (χ0v) is 12.4. The van der Waals surface area contributed by atoms with Crippen molar-refractivity contribution in [3.05, 3.63) is 29.6 Å². The standard InChI is InChI=1S/C15H20F4N2/c1-4-14(3)9-21(10(2)8-20-14)11-5-6-13(16)12(7-11)15(17,18)19/h5-7,10,20H,4,8-9H2,1-3H3. The van der Waals surface area contributed by atoms with E-state index in [0.717, 1.165) is 18.6 Å². The van der Waals surface area contributed by atoms with Crippen molar-refractivity contribution in [3.8, 4) is 0 Å². The lowest BCUT2D eigenvalue weighted by atomic mass is 9.93. The van der Waals surface area contributed by atoms with Gasteiger partial charge in [-0.2, -0.15) is 13.2 Å². The molecular formula is C15H20F4N2. The van der Waals surface area contributed by atoms with Gasteiger partial charge in [0.05, 0.1) is 5.56 Å². The Bertz CT molecular complexity index is 515. The lowest BCUT2D eigenvalue weighted by Gasteiger charge is -2.46. The molecule has 118 valence electrons. The molecule has 2 nitrogen and oxygen atoms in total. The van der Waals surface area contributed by atoms with Gasteiger partial charge in [-0.15, -0.1) is 0 Å². The Labute approximate surface area is 122 Å². The predicted molar refractivity (Wildman–Crippen MR) is 74.9 cm³/mol. The van der Waals surface area contributed by atoms with Gasteiger partial charge in [0.15, 0.2) is 0 Å². The van der Waals surface area contributed by atoms with E-state index in [1.54, 1.807) is 0 Å². The molecule has 21 heavy (non-hydrogen) atoms. The molecule has 0 spiro atoms. The number of benzene rings is 1. The van der Waals surface area contributed by atoms with Gasteiger partial charge in [-0.05, 0) is 38.5 Å². The minimum Gasteiger partial charge on any atom is -0.366 e. The summed E-state index contributed by atoms with van der Waals surface area (Å²) in [6.07, 6.45) is -3.81. The average molecular weight is 304 g/mol. The highest BCUT2D eigenvalue weighted by Crippen LogP contribution is 2.35. The van der Waals surface area contributed by atoms with Crippen LogP contribution in [0.4, 0.5) is 23.2 Å². The number of hydrogen-bond donors (Lipinski definition) is 1. The molecule has 1 saturated heterocycles. The largest absolute Gasteiger partial charge is 0.419 e. The highest BCUT2D eigenvalue weighted by Gasteiger charge is 2.37. The molecule has 0 aliphatic carbocycles. The molecule has 1 heterocycles. The third-order valence-electron chi connectivity index (χ3n) is 4.24. The quantitative estimate of drug-likeness (QED) is 0.836. The first kappa shape index (κ1) is 16.1. The zero-order valence-electron chi connectivity index (χ0n) is 12.4. The van der Waals surface area contributed by atoms with Crippen LogP contribution in [-0.4, -0.2) is 24.7 Å². The second-order valence-electron chi connectivity index (χ2n) is 5.93. The van der Waals surface area contributed by atoms with Crippen molar-refractivity contribution in [2.75, 3.05) is 18.0 Å². The Morgan fingerprint density at radius 2 is 2.05 bits per heavy atom. The first-order chi connectivity index (χ1) is 9.66. The number of alkyl halides is 3. The summed E-state index contributed by atoms with van der Waals surface area (Å²) in [4.78, 5) is 1.91. The van der Waals surface area contributed by atoms with Gasteiger partial charge in [0.25, 0.3) is 0 Å². The summed E-state index contributed by atoms with van der Waals surface area (Å²) in [5.41, 5.74) is -0.944. The van der Waals surface area contributed by atoms with Crippen molar-refractivity contribution in [3.63, 3.8) is 0 Å². The van der Waals surface area contributed by atoms with E-state index in [1.807, 2.05) is 25.7 Å². The fourth-order valence-electron chi connectivity index (χ4n) is 2.58. The van der Waals surface area contributed by atoms with E-state index in [-0.39, 0.29) is 11.6 Å². The molecule has 1 aromatic rings. The molecule has 2 atom stereocenters. The number of hydrogen-bond acceptors (Lipinski definition) is 2. The summed E-state index contributed by atoms with van der Waals surface area (Å²) >= 11 is 0. The van der Waals surface area contributed by atoms with Gasteiger partial charge in [0.1, 0.15) is 5.82 Å². The first-order valence-corrected chi connectivity index (χ1v) is 7.05. The maximum Gasteiger partial charge on any atom is 0.419 e. The van der Waals surface area contributed by atoms with E-state index in [0.29, 0.717) is 18.8 Å². The summed E-state index contributed by atoms with van der Waals surface area (Å²) in [5.74, 6) is -1.23. The Morgan fingerprint density at radius 1 is 1.38 bits per heavy atom. The van der Waals surface area contributed by atoms with Crippen LogP contribution in [0.15, 0.2) is 18.2 Å². The van der Waals surface area contributed by atoms with E-state index < -0.39 is 17.6 Å². The number of rotatable bonds is 2. The summed E-state index contributed by atoms with van der Waals surface area (Å²) in [7, 11) is 0. The number of anilines is 1. The molecule has 1 fully saturated rings. The number of nitrogens with zero attached hydrogens (tertiary/aromatic N) is 1. The van der Waals surface area contributed by atoms with Crippen LogP contribution in [0, 0.1) is 5.82 Å². The molecular weight excluding hydrogens is 284 g/mol. The third-order valence-corrected chi connectivity index (χ3v) is 4.24. The molecule has 0 amide bonds. The fraction of sp³-hybridized carbons (Fsp3) is 0.600. The maximum absolute atomic E-state index is 13.4. The molecule has 0 bridgehead atoms. The van der Waals surface area contributed by atoms with Gasteiger partial charge in [-0.1, -0.05) is 6.92 Å². The van der Waals surface area contributed by atoms with Gasteiger partial charge >= 0.3 is 6.18 Å². The van der Waals surface area contributed by atoms with Crippen LogP contribution in [0.25, 0.3) is 0 Å². The number of nitrogens with one attached hydrogen (secondary N) is 1. The van der Waals surface area contributed by atoms with Crippen LogP contribution in [0.2, 0.25) is 0 Å². The van der Waals surface area contributed by atoms with Gasteiger partial charge in [0, 0.05) is 30.4 Å². The fourth-order valence-corrected chi connectivity index (χ4v) is 2.58.